The molecule has 2 heterocycles. The number of nitrogens with one attached hydrogen (secondary N) is 1. The third-order valence-electron chi connectivity index (χ3n) is 3.86. The lowest BCUT2D eigenvalue weighted by atomic mass is 9.92. The van der Waals surface area contributed by atoms with Crippen molar-refractivity contribution in [3.63, 3.8) is 0 Å². The van der Waals surface area contributed by atoms with Gasteiger partial charge in [-0.1, -0.05) is 18.2 Å². The Kier molecular flexibility index (Phi) is 3.95. The van der Waals surface area contributed by atoms with Crippen LogP contribution in [0.3, 0.4) is 0 Å². The highest BCUT2D eigenvalue weighted by molar-refractivity contribution is 7.17. The zero-order chi connectivity index (χ0) is 13.1. The molecule has 1 atom stereocenters. The van der Waals surface area contributed by atoms with Crippen LogP contribution >= 0.6 is 11.3 Å². The first-order chi connectivity index (χ1) is 9.33. The summed E-state index contributed by atoms with van der Waals surface area (Å²) >= 11 is 1.74. The lowest BCUT2D eigenvalue weighted by Gasteiger charge is -2.21. The molecule has 2 aromatic rings. The summed E-state index contributed by atoms with van der Waals surface area (Å²) in [5.74, 6) is 0.934. The van der Waals surface area contributed by atoms with Gasteiger partial charge >= 0.3 is 0 Å². The Morgan fingerprint density at radius 2 is 2.26 bits per heavy atom. The maximum atomic E-state index is 12.2. The van der Waals surface area contributed by atoms with E-state index in [1.165, 1.54) is 28.5 Å². The molecular weight excluding hydrogens is 254 g/mol. The van der Waals surface area contributed by atoms with Crippen LogP contribution in [0.1, 0.15) is 24.8 Å². The number of carbonyl (C=O) groups excluding carboxylic acids is 1. The molecule has 1 saturated heterocycles. The molecule has 1 aliphatic rings. The fraction of sp³-hybridized carbons (Fsp3) is 0.438. The van der Waals surface area contributed by atoms with E-state index in [0.29, 0.717) is 18.1 Å². The van der Waals surface area contributed by atoms with Crippen molar-refractivity contribution in [3.05, 3.63) is 35.2 Å². The van der Waals surface area contributed by atoms with E-state index in [1.807, 2.05) is 6.07 Å². The van der Waals surface area contributed by atoms with E-state index in [-0.39, 0.29) is 0 Å². The fourth-order valence-corrected chi connectivity index (χ4v) is 3.84. The van der Waals surface area contributed by atoms with E-state index in [2.05, 4.69) is 28.9 Å². The molecule has 3 heteroatoms. The Labute approximate surface area is 117 Å². The van der Waals surface area contributed by atoms with Crippen molar-refractivity contribution >= 4 is 27.2 Å². The van der Waals surface area contributed by atoms with Gasteiger partial charge in [-0.3, -0.25) is 4.79 Å². The number of ketones is 1. The molecule has 0 bridgehead atoms. The van der Waals surface area contributed by atoms with Crippen LogP contribution in [0.2, 0.25) is 0 Å². The quantitative estimate of drug-likeness (QED) is 0.925. The van der Waals surface area contributed by atoms with Crippen molar-refractivity contribution < 1.29 is 4.79 Å². The monoisotopic (exact) mass is 273 g/mol. The van der Waals surface area contributed by atoms with Gasteiger partial charge in [-0.2, -0.15) is 0 Å². The minimum absolute atomic E-state index is 0.386. The first-order valence-electron chi connectivity index (χ1n) is 7.00. The molecule has 1 N–H and O–H groups in total. The van der Waals surface area contributed by atoms with Crippen molar-refractivity contribution in [2.45, 2.75) is 25.7 Å². The molecule has 1 aliphatic heterocycles. The minimum atomic E-state index is 0.386. The Bertz CT molecular complexity index is 569. The summed E-state index contributed by atoms with van der Waals surface area (Å²) < 4.78 is 1.28. The number of thiophene rings is 1. The molecule has 1 aromatic heterocycles. The zero-order valence-corrected chi connectivity index (χ0v) is 11.8. The number of Topliss-reactive ketones (excluding diaryl/α,β-unsaturated/α-hetero) is 1. The molecule has 1 unspecified atom stereocenters. The lowest BCUT2D eigenvalue weighted by Crippen LogP contribution is -2.31. The van der Waals surface area contributed by atoms with Crippen molar-refractivity contribution in [2.75, 3.05) is 13.1 Å². The summed E-state index contributed by atoms with van der Waals surface area (Å²) in [4.78, 5) is 12.2. The van der Waals surface area contributed by atoms with Gasteiger partial charge in [0.25, 0.3) is 0 Å². The molecule has 2 nitrogen and oxygen atoms in total. The van der Waals surface area contributed by atoms with Crippen molar-refractivity contribution in [2.24, 2.45) is 5.92 Å². The number of rotatable bonds is 4. The average Bonchev–Trinajstić information content (AvgIpc) is 2.83. The minimum Gasteiger partial charge on any atom is -0.316 e. The SMILES string of the molecule is O=C(Cc1csc2ccccc12)CC1CCCNC1. The normalized spacial score (nSPS) is 19.7. The van der Waals surface area contributed by atoms with Crippen LogP contribution in [0.5, 0.6) is 0 Å². The summed E-state index contributed by atoms with van der Waals surface area (Å²) in [5, 5.41) is 6.77. The predicted molar refractivity (Wildman–Crippen MR) is 80.7 cm³/mol. The molecule has 1 fully saturated rings. The highest BCUT2D eigenvalue weighted by Crippen LogP contribution is 2.26. The Balaban J connectivity index is 1.65. The maximum absolute atomic E-state index is 12.2. The second kappa shape index (κ2) is 5.85. The van der Waals surface area contributed by atoms with Gasteiger partial charge < -0.3 is 5.32 Å². The Morgan fingerprint density at radius 3 is 3.11 bits per heavy atom. The van der Waals surface area contributed by atoms with Gasteiger partial charge in [-0.05, 0) is 54.2 Å². The summed E-state index contributed by atoms with van der Waals surface area (Å²) in [6.07, 6.45) is 3.74. The van der Waals surface area contributed by atoms with Crippen LogP contribution in [-0.2, 0) is 11.2 Å². The van der Waals surface area contributed by atoms with Crippen molar-refractivity contribution in [1.29, 1.82) is 0 Å². The van der Waals surface area contributed by atoms with Gasteiger partial charge in [0.2, 0.25) is 0 Å². The van der Waals surface area contributed by atoms with Crippen LogP contribution in [0, 0.1) is 5.92 Å². The molecule has 3 rings (SSSR count). The van der Waals surface area contributed by atoms with Crippen LogP contribution in [-0.4, -0.2) is 18.9 Å². The standard InChI is InChI=1S/C16H19NOS/c18-14(8-12-4-3-7-17-10-12)9-13-11-19-16-6-2-1-5-15(13)16/h1-2,5-6,11-12,17H,3-4,7-10H2. The highest BCUT2D eigenvalue weighted by atomic mass is 32.1. The first-order valence-corrected chi connectivity index (χ1v) is 7.88. The third kappa shape index (κ3) is 3.04. The van der Waals surface area contributed by atoms with Crippen LogP contribution in [0.25, 0.3) is 10.1 Å². The molecule has 0 aliphatic carbocycles. The molecular formula is C16H19NOS. The number of fused-ring (bicyclic) bond motifs is 1. The second-order valence-corrected chi connectivity index (χ2v) is 6.30. The van der Waals surface area contributed by atoms with E-state index >= 15 is 0 Å². The molecule has 100 valence electrons. The van der Waals surface area contributed by atoms with Crippen LogP contribution in [0.4, 0.5) is 0 Å². The smallest absolute Gasteiger partial charge is 0.137 e. The topological polar surface area (TPSA) is 29.1 Å². The van der Waals surface area contributed by atoms with Gasteiger partial charge in [0.1, 0.15) is 5.78 Å². The molecule has 1 aromatic carbocycles. The summed E-state index contributed by atoms with van der Waals surface area (Å²) in [7, 11) is 0. The van der Waals surface area contributed by atoms with Crippen LogP contribution in [0.15, 0.2) is 29.6 Å². The zero-order valence-electron chi connectivity index (χ0n) is 11.0. The molecule has 0 saturated carbocycles. The van der Waals surface area contributed by atoms with Gasteiger partial charge in [-0.25, -0.2) is 0 Å². The Morgan fingerprint density at radius 1 is 1.37 bits per heavy atom. The van der Waals surface area contributed by atoms with E-state index in [9.17, 15) is 4.79 Å². The Hall–Kier alpha value is -1.19. The van der Waals surface area contributed by atoms with Crippen LogP contribution < -0.4 is 5.32 Å². The molecule has 0 spiro atoms. The third-order valence-corrected chi connectivity index (χ3v) is 4.88. The van der Waals surface area contributed by atoms with E-state index in [1.54, 1.807) is 11.3 Å². The second-order valence-electron chi connectivity index (χ2n) is 5.39. The largest absolute Gasteiger partial charge is 0.316 e. The number of benzene rings is 1. The van der Waals surface area contributed by atoms with E-state index in [4.69, 9.17) is 0 Å². The van der Waals surface area contributed by atoms with Gasteiger partial charge in [0.15, 0.2) is 0 Å². The predicted octanol–water partition coefficient (Wildman–Crippen LogP) is 3.40. The number of hydrogen-bond acceptors (Lipinski definition) is 3. The molecule has 19 heavy (non-hydrogen) atoms. The fourth-order valence-electron chi connectivity index (χ4n) is 2.87. The lowest BCUT2D eigenvalue weighted by molar-refractivity contribution is -0.119. The molecule has 0 radical (unpaired) electrons. The molecule has 0 amide bonds. The summed E-state index contributed by atoms with van der Waals surface area (Å²) in [6, 6.07) is 8.35. The number of carbonyl (C=O) groups is 1. The van der Waals surface area contributed by atoms with E-state index in [0.717, 1.165) is 19.5 Å². The summed E-state index contributed by atoms with van der Waals surface area (Å²) in [5.41, 5.74) is 1.20. The van der Waals surface area contributed by atoms with Gasteiger partial charge in [0.05, 0.1) is 0 Å². The van der Waals surface area contributed by atoms with Crippen molar-refractivity contribution in [1.82, 2.24) is 5.32 Å². The number of hydrogen-bond donors (Lipinski definition) is 1. The first kappa shape index (κ1) is 12.8. The maximum Gasteiger partial charge on any atom is 0.137 e. The number of piperidine rings is 1. The van der Waals surface area contributed by atoms with Gasteiger partial charge in [0, 0.05) is 17.5 Å². The van der Waals surface area contributed by atoms with E-state index < -0.39 is 0 Å². The van der Waals surface area contributed by atoms with Gasteiger partial charge in [-0.15, -0.1) is 11.3 Å². The van der Waals surface area contributed by atoms with Crippen molar-refractivity contribution in [3.8, 4) is 0 Å². The summed E-state index contributed by atoms with van der Waals surface area (Å²) in [6.45, 7) is 2.12. The highest BCUT2D eigenvalue weighted by Gasteiger charge is 2.17. The average molecular weight is 273 g/mol.